The summed E-state index contributed by atoms with van der Waals surface area (Å²) in [5.41, 5.74) is 0.557. The van der Waals surface area contributed by atoms with Crippen LogP contribution in [-0.4, -0.2) is 28.1 Å². The van der Waals surface area contributed by atoms with E-state index in [4.69, 9.17) is 13.6 Å². The van der Waals surface area contributed by atoms with Gasteiger partial charge < -0.3 is 13.6 Å². The van der Waals surface area contributed by atoms with Gasteiger partial charge in [-0.25, -0.2) is 0 Å². The van der Waals surface area contributed by atoms with Gasteiger partial charge in [0.15, 0.2) is 5.76 Å². The zero-order chi connectivity index (χ0) is 17.1. The predicted octanol–water partition coefficient (Wildman–Crippen LogP) is 2.50. The van der Waals surface area contributed by atoms with Crippen LogP contribution in [0.15, 0.2) is 45.2 Å². The number of anilines is 1. The van der Waals surface area contributed by atoms with Gasteiger partial charge in [0.2, 0.25) is 0 Å². The third-order valence-corrected chi connectivity index (χ3v) is 2.98. The lowest BCUT2D eigenvalue weighted by atomic mass is 10.2. The van der Waals surface area contributed by atoms with Gasteiger partial charge in [-0.05, 0) is 18.2 Å². The summed E-state index contributed by atoms with van der Waals surface area (Å²) in [5.74, 6) is -0.869. The monoisotopic (exact) mass is 330 g/mol. The van der Waals surface area contributed by atoms with Crippen LogP contribution in [0.3, 0.4) is 0 Å². The molecule has 0 aliphatic carbocycles. The molecule has 0 aliphatic rings. The van der Waals surface area contributed by atoms with E-state index in [-0.39, 0.29) is 17.7 Å². The quantitative estimate of drug-likeness (QED) is 0.557. The number of rotatable bonds is 5. The zero-order valence-electron chi connectivity index (χ0n) is 12.3. The third kappa shape index (κ3) is 2.92. The van der Waals surface area contributed by atoms with E-state index in [9.17, 15) is 14.9 Å². The molecule has 1 N–H and O–H groups in total. The van der Waals surface area contributed by atoms with Crippen molar-refractivity contribution in [1.29, 1.82) is 0 Å². The number of methoxy groups -OCH3 is 1. The molecule has 3 rings (SSSR count). The van der Waals surface area contributed by atoms with E-state index in [2.05, 4.69) is 15.5 Å². The van der Waals surface area contributed by atoms with Crippen LogP contribution < -0.4 is 10.1 Å². The predicted molar refractivity (Wildman–Crippen MR) is 79.6 cm³/mol. The number of benzene rings is 1. The van der Waals surface area contributed by atoms with E-state index in [1.54, 1.807) is 24.3 Å². The van der Waals surface area contributed by atoms with Gasteiger partial charge in [-0.15, -0.1) is 5.10 Å². The average molecular weight is 330 g/mol. The number of aromatic nitrogens is 2. The van der Waals surface area contributed by atoms with Crippen molar-refractivity contribution in [2.75, 3.05) is 12.4 Å². The second-order valence-electron chi connectivity index (χ2n) is 4.46. The number of nitro groups is 1. The Kier molecular flexibility index (Phi) is 3.93. The van der Waals surface area contributed by atoms with E-state index < -0.39 is 16.7 Å². The lowest BCUT2D eigenvalue weighted by Crippen LogP contribution is -2.11. The SMILES string of the molecule is COc1ccccc1-c1nnc(NC(=O)c2ccc([N+](=O)[O-])o2)o1. The number of para-hydroxylation sites is 1. The number of hydrogen-bond acceptors (Lipinski definition) is 8. The summed E-state index contributed by atoms with van der Waals surface area (Å²) < 4.78 is 15.3. The summed E-state index contributed by atoms with van der Waals surface area (Å²) in [4.78, 5) is 21.7. The first-order valence-corrected chi connectivity index (χ1v) is 6.61. The van der Waals surface area contributed by atoms with Gasteiger partial charge in [0.25, 0.3) is 11.8 Å². The van der Waals surface area contributed by atoms with Crippen molar-refractivity contribution in [2.45, 2.75) is 0 Å². The molecule has 2 heterocycles. The maximum Gasteiger partial charge on any atom is 0.433 e. The van der Waals surface area contributed by atoms with Crippen LogP contribution in [0.5, 0.6) is 5.75 Å². The molecule has 0 radical (unpaired) electrons. The maximum absolute atomic E-state index is 11.9. The topological polar surface area (TPSA) is 134 Å². The van der Waals surface area contributed by atoms with Gasteiger partial charge in [0.1, 0.15) is 10.7 Å². The van der Waals surface area contributed by atoms with Crippen molar-refractivity contribution in [3.8, 4) is 17.2 Å². The van der Waals surface area contributed by atoms with Gasteiger partial charge in [0.05, 0.1) is 18.7 Å². The molecule has 0 aliphatic heterocycles. The van der Waals surface area contributed by atoms with Gasteiger partial charge in [0, 0.05) is 0 Å². The largest absolute Gasteiger partial charge is 0.496 e. The van der Waals surface area contributed by atoms with Crippen LogP contribution in [0.2, 0.25) is 0 Å². The molecule has 24 heavy (non-hydrogen) atoms. The molecule has 10 heteroatoms. The van der Waals surface area contributed by atoms with Crippen LogP contribution >= 0.6 is 0 Å². The number of nitrogens with one attached hydrogen (secondary N) is 1. The minimum atomic E-state index is -0.752. The standard InChI is InChI=1S/C14H10N4O6/c1-22-9-5-3-2-4-8(9)13-16-17-14(24-13)15-12(19)10-6-7-11(23-10)18(20)21/h2-7H,1H3,(H,15,17,19). The van der Waals surface area contributed by atoms with E-state index in [0.717, 1.165) is 6.07 Å². The molecule has 1 aromatic carbocycles. The molecule has 1 amide bonds. The van der Waals surface area contributed by atoms with E-state index in [1.165, 1.54) is 13.2 Å². The highest BCUT2D eigenvalue weighted by molar-refractivity contribution is 6.01. The Bertz CT molecular complexity index is 900. The van der Waals surface area contributed by atoms with Crippen LogP contribution in [0.4, 0.5) is 11.9 Å². The summed E-state index contributed by atoms with van der Waals surface area (Å²) in [7, 11) is 1.50. The fourth-order valence-electron chi connectivity index (χ4n) is 1.91. The Balaban J connectivity index is 1.78. The summed E-state index contributed by atoms with van der Waals surface area (Å²) in [6.45, 7) is 0. The van der Waals surface area contributed by atoms with Crippen LogP contribution in [0.1, 0.15) is 10.6 Å². The summed E-state index contributed by atoms with van der Waals surface area (Å²) in [5, 5.41) is 20.4. The molecule has 0 bridgehead atoms. The molecule has 3 aromatic rings. The molecular formula is C14H10N4O6. The van der Waals surface area contributed by atoms with Crippen molar-refractivity contribution in [3.05, 3.63) is 52.3 Å². The molecule has 2 aromatic heterocycles. The second kappa shape index (κ2) is 6.20. The molecular weight excluding hydrogens is 320 g/mol. The smallest absolute Gasteiger partial charge is 0.433 e. The number of carbonyl (C=O) groups is 1. The lowest BCUT2D eigenvalue weighted by Gasteiger charge is -2.03. The van der Waals surface area contributed by atoms with Crippen molar-refractivity contribution >= 4 is 17.8 Å². The van der Waals surface area contributed by atoms with Crippen LogP contribution in [-0.2, 0) is 0 Å². The van der Waals surface area contributed by atoms with Crippen molar-refractivity contribution in [3.63, 3.8) is 0 Å². The van der Waals surface area contributed by atoms with Gasteiger partial charge >= 0.3 is 11.9 Å². The fraction of sp³-hybridized carbons (Fsp3) is 0.0714. The van der Waals surface area contributed by atoms with Crippen molar-refractivity contribution < 1.29 is 23.3 Å². The third-order valence-electron chi connectivity index (χ3n) is 2.98. The maximum atomic E-state index is 11.9. The molecule has 0 saturated carbocycles. The zero-order valence-corrected chi connectivity index (χ0v) is 12.3. The number of carbonyl (C=O) groups excluding carboxylic acids is 1. The molecule has 10 nitrogen and oxygen atoms in total. The summed E-state index contributed by atoms with van der Waals surface area (Å²) in [6, 6.07) is 9.05. The number of amides is 1. The highest BCUT2D eigenvalue weighted by atomic mass is 16.6. The Morgan fingerprint density at radius 1 is 1.21 bits per heavy atom. The molecule has 0 atom stereocenters. The van der Waals surface area contributed by atoms with Crippen LogP contribution in [0.25, 0.3) is 11.5 Å². The van der Waals surface area contributed by atoms with Gasteiger partial charge in [-0.1, -0.05) is 17.2 Å². The first kappa shape index (κ1) is 15.2. The van der Waals surface area contributed by atoms with Crippen LogP contribution in [0, 0.1) is 10.1 Å². The average Bonchev–Trinajstić information content (AvgIpc) is 3.24. The minimum Gasteiger partial charge on any atom is -0.496 e. The molecule has 0 fully saturated rings. The Hall–Kier alpha value is -3.69. The molecule has 0 spiro atoms. The van der Waals surface area contributed by atoms with E-state index in [0.29, 0.717) is 11.3 Å². The second-order valence-corrected chi connectivity index (χ2v) is 4.46. The molecule has 0 unspecified atom stereocenters. The van der Waals surface area contributed by atoms with Crippen molar-refractivity contribution in [1.82, 2.24) is 10.2 Å². The van der Waals surface area contributed by atoms with Gasteiger partial charge in [-0.3, -0.25) is 20.2 Å². The Morgan fingerprint density at radius 2 is 2.00 bits per heavy atom. The normalized spacial score (nSPS) is 10.4. The highest BCUT2D eigenvalue weighted by Crippen LogP contribution is 2.29. The highest BCUT2D eigenvalue weighted by Gasteiger charge is 2.20. The number of furan rings is 1. The summed E-state index contributed by atoms with van der Waals surface area (Å²) in [6.07, 6.45) is 0. The molecule has 0 saturated heterocycles. The Morgan fingerprint density at radius 3 is 2.71 bits per heavy atom. The number of nitrogens with zero attached hydrogens (tertiary/aromatic N) is 3. The van der Waals surface area contributed by atoms with Crippen molar-refractivity contribution in [2.24, 2.45) is 0 Å². The van der Waals surface area contributed by atoms with E-state index >= 15 is 0 Å². The Labute approximate surface area is 134 Å². The summed E-state index contributed by atoms with van der Waals surface area (Å²) >= 11 is 0. The lowest BCUT2D eigenvalue weighted by molar-refractivity contribution is -0.402. The number of hydrogen-bond donors (Lipinski definition) is 1. The first-order chi connectivity index (χ1) is 11.6. The molecule has 122 valence electrons. The fourth-order valence-corrected chi connectivity index (χ4v) is 1.91. The van der Waals surface area contributed by atoms with E-state index in [1.807, 2.05) is 0 Å². The van der Waals surface area contributed by atoms with Gasteiger partial charge in [-0.2, -0.15) is 0 Å². The minimum absolute atomic E-state index is 0.146. The number of ether oxygens (including phenoxy) is 1. The first-order valence-electron chi connectivity index (χ1n) is 6.61.